The normalized spacial score (nSPS) is 13.8. The molecule has 0 saturated heterocycles. The quantitative estimate of drug-likeness (QED) is 0.449. The number of hydrogen-bond acceptors (Lipinski definition) is 5. The average molecular weight is 283 g/mol. The molecule has 104 valence electrons. The molecule has 0 fully saturated rings. The Morgan fingerprint density at radius 3 is 2.68 bits per heavy atom. The third-order valence-corrected chi connectivity index (χ3v) is 4.08. The van der Waals surface area contributed by atoms with Crippen LogP contribution in [0.3, 0.4) is 0 Å². The Morgan fingerprint density at radius 2 is 2.16 bits per heavy atom. The Hall–Kier alpha value is -1.60. The summed E-state index contributed by atoms with van der Waals surface area (Å²) in [5.41, 5.74) is 4.61. The predicted molar refractivity (Wildman–Crippen MR) is 75.1 cm³/mol. The molecule has 1 aromatic rings. The van der Waals surface area contributed by atoms with E-state index in [1.54, 1.807) is 32.2 Å². The van der Waals surface area contributed by atoms with Gasteiger partial charge in [-0.3, -0.25) is 14.9 Å². The van der Waals surface area contributed by atoms with Crippen molar-refractivity contribution in [3.8, 4) is 0 Å². The first kappa shape index (κ1) is 15.5. The fourth-order valence-electron chi connectivity index (χ4n) is 1.47. The maximum absolute atomic E-state index is 11.3. The van der Waals surface area contributed by atoms with Crippen LogP contribution in [0.1, 0.15) is 13.3 Å². The summed E-state index contributed by atoms with van der Waals surface area (Å²) in [4.78, 5) is 22.3. The molecule has 1 aromatic carbocycles. The zero-order chi connectivity index (χ0) is 14.5. The van der Waals surface area contributed by atoms with Crippen molar-refractivity contribution in [1.82, 2.24) is 5.32 Å². The van der Waals surface area contributed by atoms with Crippen molar-refractivity contribution in [3.05, 3.63) is 34.4 Å². The first-order chi connectivity index (χ1) is 8.90. The van der Waals surface area contributed by atoms with Crippen molar-refractivity contribution < 1.29 is 9.72 Å². The predicted octanol–water partition coefficient (Wildman–Crippen LogP) is 1.54. The molecular formula is C12H17N3O3S. The molecule has 3 N–H and O–H groups in total. The highest BCUT2D eigenvalue weighted by Gasteiger charge is 2.28. The molecule has 0 bridgehead atoms. The van der Waals surface area contributed by atoms with Crippen molar-refractivity contribution in [2.24, 2.45) is 5.73 Å². The Kier molecular flexibility index (Phi) is 5.31. The van der Waals surface area contributed by atoms with E-state index in [1.165, 1.54) is 17.8 Å². The van der Waals surface area contributed by atoms with Crippen LogP contribution in [0, 0.1) is 10.1 Å². The van der Waals surface area contributed by atoms with Gasteiger partial charge in [0.05, 0.1) is 15.4 Å². The minimum absolute atomic E-state index is 0.0812. The van der Waals surface area contributed by atoms with Gasteiger partial charge in [0.2, 0.25) is 5.91 Å². The summed E-state index contributed by atoms with van der Waals surface area (Å²) >= 11 is 1.35. The van der Waals surface area contributed by atoms with Gasteiger partial charge in [-0.15, -0.1) is 11.8 Å². The minimum atomic E-state index is -0.795. The number of carbonyl (C=O) groups is 1. The summed E-state index contributed by atoms with van der Waals surface area (Å²) in [7, 11) is 1.67. The Balaban J connectivity index is 2.68. The molecule has 0 aliphatic rings. The lowest BCUT2D eigenvalue weighted by Crippen LogP contribution is -2.51. The van der Waals surface area contributed by atoms with Crippen LogP contribution in [0.25, 0.3) is 0 Å². The van der Waals surface area contributed by atoms with E-state index >= 15 is 0 Å². The largest absolute Gasteiger partial charge is 0.368 e. The molecule has 0 aliphatic carbocycles. The van der Waals surface area contributed by atoms with Crippen LogP contribution in [0.4, 0.5) is 5.69 Å². The Labute approximate surface area is 115 Å². The summed E-state index contributed by atoms with van der Waals surface area (Å²) in [5, 5.41) is 13.7. The van der Waals surface area contributed by atoms with Gasteiger partial charge in [0, 0.05) is 11.8 Å². The third kappa shape index (κ3) is 3.93. The zero-order valence-corrected chi connectivity index (χ0v) is 11.7. The summed E-state index contributed by atoms with van der Waals surface area (Å²) in [5.74, 6) is 0.128. The van der Waals surface area contributed by atoms with E-state index in [9.17, 15) is 14.9 Å². The second kappa shape index (κ2) is 6.53. The number of primary amides is 1. The maximum Gasteiger partial charge on any atom is 0.282 e. The fraction of sp³-hybridized carbons (Fsp3) is 0.417. The number of nitrogens with zero attached hydrogens (tertiary/aromatic N) is 1. The molecular weight excluding hydrogens is 266 g/mol. The van der Waals surface area contributed by atoms with E-state index in [4.69, 9.17) is 5.73 Å². The van der Waals surface area contributed by atoms with Gasteiger partial charge in [-0.2, -0.15) is 0 Å². The van der Waals surface area contributed by atoms with Crippen LogP contribution < -0.4 is 11.1 Å². The Bertz CT molecular complexity index is 481. The second-order valence-corrected chi connectivity index (χ2v) is 5.41. The molecule has 1 amide bonds. The van der Waals surface area contributed by atoms with Crippen LogP contribution in [0.15, 0.2) is 29.2 Å². The molecule has 19 heavy (non-hydrogen) atoms. The zero-order valence-electron chi connectivity index (χ0n) is 10.9. The average Bonchev–Trinajstić information content (AvgIpc) is 2.38. The van der Waals surface area contributed by atoms with Gasteiger partial charge in [0.1, 0.15) is 0 Å². The van der Waals surface area contributed by atoms with E-state index in [1.807, 2.05) is 0 Å². The van der Waals surface area contributed by atoms with Crippen LogP contribution in [-0.2, 0) is 4.79 Å². The van der Waals surface area contributed by atoms with Crippen molar-refractivity contribution in [2.45, 2.75) is 23.8 Å². The number of hydrogen-bond donors (Lipinski definition) is 2. The van der Waals surface area contributed by atoms with Crippen LogP contribution in [-0.4, -0.2) is 29.2 Å². The monoisotopic (exact) mass is 283 g/mol. The maximum atomic E-state index is 11.3. The van der Waals surface area contributed by atoms with Crippen molar-refractivity contribution >= 4 is 23.4 Å². The molecule has 1 rings (SSSR count). The summed E-state index contributed by atoms with van der Waals surface area (Å²) < 4.78 is 0. The number of thioether (sulfide) groups is 1. The minimum Gasteiger partial charge on any atom is -0.368 e. The van der Waals surface area contributed by atoms with Gasteiger partial charge in [0.25, 0.3) is 5.69 Å². The van der Waals surface area contributed by atoms with Crippen molar-refractivity contribution in [2.75, 3.05) is 12.8 Å². The Morgan fingerprint density at radius 1 is 1.53 bits per heavy atom. The molecule has 0 saturated carbocycles. The number of benzene rings is 1. The lowest BCUT2D eigenvalue weighted by molar-refractivity contribution is -0.387. The topological polar surface area (TPSA) is 98.3 Å². The molecule has 7 heteroatoms. The molecule has 0 spiro atoms. The molecule has 1 atom stereocenters. The number of para-hydroxylation sites is 1. The summed E-state index contributed by atoms with van der Waals surface area (Å²) in [6.45, 7) is 1.72. The molecule has 1 unspecified atom stereocenters. The van der Waals surface area contributed by atoms with Gasteiger partial charge in [0.15, 0.2) is 0 Å². The van der Waals surface area contributed by atoms with Gasteiger partial charge in [-0.1, -0.05) is 12.1 Å². The van der Waals surface area contributed by atoms with Crippen molar-refractivity contribution in [3.63, 3.8) is 0 Å². The number of nitro groups is 1. The number of carbonyl (C=O) groups excluding carboxylic acids is 1. The molecule has 0 radical (unpaired) electrons. The third-order valence-electron chi connectivity index (χ3n) is 3.02. The number of nitrogens with one attached hydrogen (secondary N) is 1. The number of likely N-dealkylation sites (N-methyl/N-ethyl adjacent to an activating group) is 1. The molecule has 0 aromatic heterocycles. The lowest BCUT2D eigenvalue weighted by atomic mass is 9.99. The van der Waals surface area contributed by atoms with Crippen LogP contribution in [0.2, 0.25) is 0 Å². The highest BCUT2D eigenvalue weighted by molar-refractivity contribution is 7.99. The molecule has 0 heterocycles. The van der Waals surface area contributed by atoms with Gasteiger partial charge >= 0.3 is 0 Å². The molecule has 6 nitrogen and oxygen atoms in total. The van der Waals surface area contributed by atoms with Gasteiger partial charge in [-0.25, -0.2) is 0 Å². The standard InChI is InChI=1S/C12H17N3O3S/c1-12(14-2,11(13)16)7-8-19-10-6-4-3-5-9(10)15(17)18/h3-6,14H,7-8H2,1-2H3,(H2,13,16). The lowest BCUT2D eigenvalue weighted by Gasteiger charge is -2.24. The number of rotatable bonds is 7. The smallest absolute Gasteiger partial charge is 0.282 e. The first-order valence-corrected chi connectivity index (χ1v) is 6.74. The van der Waals surface area contributed by atoms with E-state index in [0.717, 1.165) is 0 Å². The van der Waals surface area contributed by atoms with E-state index in [-0.39, 0.29) is 5.69 Å². The first-order valence-electron chi connectivity index (χ1n) is 5.76. The van der Waals surface area contributed by atoms with Crippen LogP contribution >= 0.6 is 11.8 Å². The SMILES string of the molecule is CNC(C)(CCSc1ccccc1[N+](=O)[O-])C(N)=O. The van der Waals surface area contributed by atoms with Crippen LogP contribution in [0.5, 0.6) is 0 Å². The number of nitro benzene ring substituents is 1. The summed E-state index contributed by atoms with van der Waals surface area (Å²) in [6, 6.07) is 6.54. The van der Waals surface area contributed by atoms with Gasteiger partial charge in [-0.05, 0) is 26.5 Å². The second-order valence-electron chi connectivity index (χ2n) is 4.27. The molecule has 0 aliphatic heterocycles. The number of nitrogens with two attached hydrogens (primary N) is 1. The summed E-state index contributed by atoms with van der Waals surface area (Å²) in [6.07, 6.45) is 0.496. The number of amides is 1. The van der Waals surface area contributed by atoms with E-state index in [0.29, 0.717) is 17.1 Å². The van der Waals surface area contributed by atoms with Gasteiger partial charge < -0.3 is 11.1 Å². The highest BCUT2D eigenvalue weighted by atomic mass is 32.2. The van der Waals surface area contributed by atoms with E-state index < -0.39 is 16.4 Å². The van der Waals surface area contributed by atoms with Crippen molar-refractivity contribution in [1.29, 1.82) is 0 Å². The van der Waals surface area contributed by atoms with E-state index in [2.05, 4.69) is 5.32 Å². The highest BCUT2D eigenvalue weighted by Crippen LogP contribution is 2.30. The fourth-order valence-corrected chi connectivity index (χ4v) is 2.66.